The van der Waals surface area contributed by atoms with E-state index in [1.54, 1.807) is 0 Å². The normalized spacial score (nSPS) is 16.9. The SMILES string of the molecule is Cc1ccc(C)c(OCCC(O)C2CC2)c1C. The molecule has 0 heterocycles. The minimum absolute atomic E-state index is 0.166. The maximum Gasteiger partial charge on any atom is 0.125 e. The largest absolute Gasteiger partial charge is 0.493 e. The van der Waals surface area contributed by atoms with Crippen molar-refractivity contribution in [3.05, 3.63) is 28.8 Å². The van der Waals surface area contributed by atoms with Crippen molar-refractivity contribution in [2.24, 2.45) is 5.92 Å². The number of rotatable bonds is 5. The molecule has 17 heavy (non-hydrogen) atoms. The van der Waals surface area contributed by atoms with Crippen LogP contribution in [0, 0.1) is 26.7 Å². The molecule has 1 N–H and O–H groups in total. The molecule has 0 aliphatic heterocycles. The molecule has 0 radical (unpaired) electrons. The lowest BCUT2D eigenvalue weighted by Gasteiger charge is -2.15. The molecule has 0 bridgehead atoms. The molecule has 2 heteroatoms. The van der Waals surface area contributed by atoms with Gasteiger partial charge in [0.25, 0.3) is 0 Å². The number of aryl methyl sites for hydroxylation is 2. The Morgan fingerprint density at radius 1 is 1.24 bits per heavy atom. The van der Waals surface area contributed by atoms with Crippen LogP contribution in [0.15, 0.2) is 12.1 Å². The Labute approximate surface area is 104 Å². The summed E-state index contributed by atoms with van der Waals surface area (Å²) < 4.78 is 5.84. The second kappa shape index (κ2) is 5.09. The van der Waals surface area contributed by atoms with Crippen molar-refractivity contribution in [2.75, 3.05) is 6.61 Å². The number of ether oxygens (including phenoxy) is 1. The standard InChI is InChI=1S/C15H22O2/c1-10-4-5-11(2)15(12(10)3)17-9-8-14(16)13-6-7-13/h4-5,13-14,16H,6-9H2,1-3H3. The van der Waals surface area contributed by atoms with Crippen LogP contribution in [-0.2, 0) is 0 Å². The van der Waals surface area contributed by atoms with Crippen LogP contribution >= 0.6 is 0 Å². The van der Waals surface area contributed by atoms with Crippen molar-refractivity contribution in [1.29, 1.82) is 0 Å². The number of hydrogen-bond acceptors (Lipinski definition) is 2. The third-order valence-electron chi connectivity index (χ3n) is 3.70. The Morgan fingerprint density at radius 3 is 2.53 bits per heavy atom. The summed E-state index contributed by atoms with van der Waals surface area (Å²) in [5.74, 6) is 1.53. The summed E-state index contributed by atoms with van der Waals surface area (Å²) in [6.07, 6.45) is 2.95. The molecule has 1 aromatic rings. The monoisotopic (exact) mass is 234 g/mol. The molecule has 0 saturated heterocycles. The Morgan fingerprint density at radius 2 is 1.88 bits per heavy atom. The van der Waals surface area contributed by atoms with Crippen LogP contribution in [-0.4, -0.2) is 17.8 Å². The molecule has 1 saturated carbocycles. The molecule has 1 aliphatic rings. The molecule has 1 fully saturated rings. The first-order chi connectivity index (χ1) is 8.09. The maximum atomic E-state index is 9.78. The minimum Gasteiger partial charge on any atom is -0.493 e. The molecule has 1 atom stereocenters. The van der Waals surface area contributed by atoms with Crippen molar-refractivity contribution < 1.29 is 9.84 Å². The van der Waals surface area contributed by atoms with Crippen LogP contribution in [0.4, 0.5) is 0 Å². The second-order valence-electron chi connectivity index (χ2n) is 5.20. The zero-order chi connectivity index (χ0) is 12.4. The summed E-state index contributed by atoms with van der Waals surface area (Å²) in [6, 6.07) is 4.21. The van der Waals surface area contributed by atoms with Gasteiger partial charge in [-0.3, -0.25) is 0 Å². The van der Waals surface area contributed by atoms with Crippen molar-refractivity contribution >= 4 is 0 Å². The third kappa shape index (κ3) is 3.01. The van der Waals surface area contributed by atoms with E-state index in [-0.39, 0.29) is 6.10 Å². The van der Waals surface area contributed by atoms with Crippen LogP contribution in [0.25, 0.3) is 0 Å². The van der Waals surface area contributed by atoms with Crippen molar-refractivity contribution in [3.63, 3.8) is 0 Å². The second-order valence-corrected chi connectivity index (χ2v) is 5.20. The quantitative estimate of drug-likeness (QED) is 0.848. The molecule has 2 rings (SSSR count). The summed E-state index contributed by atoms with van der Waals surface area (Å²) in [7, 11) is 0. The summed E-state index contributed by atoms with van der Waals surface area (Å²) in [5, 5.41) is 9.78. The van der Waals surface area contributed by atoms with Gasteiger partial charge in [0, 0.05) is 6.42 Å². The van der Waals surface area contributed by atoms with Gasteiger partial charge in [0.1, 0.15) is 5.75 Å². The molecule has 0 amide bonds. The van der Waals surface area contributed by atoms with Gasteiger partial charge in [-0.05, 0) is 56.2 Å². The lowest BCUT2D eigenvalue weighted by Crippen LogP contribution is -2.14. The van der Waals surface area contributed by atoms with Crippen LogP contribution in [0.5, 0.6) is 5.75 Å². The van der Waals surface area contributed by atoms with Gasteiger partial charge in [0.05, 0.1) is 12.7 Å². The number of aliphatic hydroxyl groups is 1. The van der Waals surface area contributed by atoms with Gasteiger partial charge in [0.15, 0.2) is 0 Å². The van der Waals surface area contributed by atoms with Gasteiger partial charge in [-0.1, -0.05) is 12.1 Å². The Bertz CT molecular complexity index is 394. The highest BCUT2D eigenvalue weighted by Gasteiger charge is 2.29. The molecular formula is C15H22O2. The van der Waals surface area contributed by atoms with Gasteiger partial charge in [-0.2, -0.15) is 0 Å². The Kier molecular flexibility index (Phi) is 3.72. The molecule has 1 unspecified atom stereocenters. The predicted octanol–water partition coefficient (Wildman–Crippen LogP) is 3.15. The van der Waals surface area contributed by atoms with E-state index in [1.807, 2.05) is 0 Å². The average Bonchev–Trinajstić information content (AvgIpc) is 3.12. The molecule has 0 spiro atoms. The Hall–Kier alpha value is -1.02. The molecule has 2 nitrogen and oxygen atoms in total. The van der Waals surface area contributed by atoms with Crippen LogP contribution in [0.3, 0.4) is 0 Å². The molecular weight excluding hydrogens is 212 g/mol. The van der Waals surface area contributed by atoms with Gasteiger partial charge in [-0.15, -0.1) is 0 Å². The number of aliphatic hydroxyl groups excluding tert-OH is 1. The van der Waals surface area contributed by atoms with Crippen LogP contribution in [0.2, 0.25) is 0 Å². The van der Waals surface area contributed by atoms with E-state index in [9.17, 15) is 5.11 Å². The minimum atomic E-state index is -0.166. The summed E-state index contributed by atoms with van der Waals surface area (Å²) >= 11 is 0. The highest BCUT2D eigenvalue weighted by atomic mass is 16.5. The van der Waals surface area contributed by atoms with Crippen LogP contribution in [0.1, 0.15) is 36.0 Å². The van der Waals surface area contributed by atoms with Gasteiger partial charge >= 0.3 is 0 Å². The third-order valence-corrected chi connectivity index (χ3v) is 3.70. The lowest BCUT2D eigenvalue weighted by atomic mass is 10.1. The molecule has 94 valence electrons. The predicted molar refractivity (Wildman–Crippen MR) is 69.5 cm³/mol. The average molecular weight is 234 g/mol. The topological polar surface area (TPSA) is 29.5 Å². The number of benzene rings is 1. The van der Waals surface area contributed by atoms with E-state index in [4.69, 9.17) is 4.74 Å². The molecule has 1 aromatic carbocycles. The summed E-state index contributed by atoms with van der Waals surface area (Å²) in [4.78, 5) is 0. The maximum absolute atomic E-state index is 9.78. The highest BCUT2D eigenvalue weighted by Crippen LogP contribution is 2.34. The summed E-state index contributed by atoms with van der Waals surface area (Å²) in [6.45, 7) is 6.87. The van der Waals surface area contributed by atoms with E-state index < -0.39 is 0 Å². The smallest absolute Gasteiger partial charge is 0.125 e. The first kappa shape index (κ1) is 12.4. The van der Waals surface area contributed by atoms with Gasteiger partial charge < -0.3 is 9.84 Å². The van der Waals surface area contributed by atoms with Gasteiger partial charge in [-0.25, -0.2) is 0 Å². The van der Waals surface area contributed by atoms with Crippen molar-refractivity contribution in [1.82, 2.24) is 0 Å². The van der Waals surface area contributed by atoms with Crippen molar-refractivity contribution in [2.45, 2.75) is 46.1 Å². The zero-order valence-corrected chi connectivity index (χ0v) is 11.0. The highest BCUT2D eigenvalue weighted by molar-refractivity contribution is 5.44. The molecule has 0 aromatic heterocycles. The first-order valence-electron chi connectivity index (χ1n) is 6.47. The zero-order valence-electron chi connectivity index (χ0n) is 11.0. The summed E-state index contributed by atoms with van der Waals surface area (Å²) in [5.41, 5.74) is 3.65. The lowest BCUT2D eigenvalue weighted by molar-refractivity contribution is 0.119. The fourth-order valence-corrected chi connectivity index (χ4v) is 2.15. The fraction of sp³-hybridized carbons (Fsp3) is 0.600. The van der Waals surface area contributed by atoms with E-state index >= 15 is 0 Å². The van der Waals surface area contributed by atoms with E-state index in [0.29, 0.717) is 12.5 Å². The fourth-order valence-electron chi connectivity index (χ4n) is 2.15. The van der Waals surface area contributed by atoms with Gasteiger partial charge in [0.2, 0.25) is 0 Å². The van der Waals surface area contributed by atoms with E-state index in [0.717, 1.165) is 12.2 Å². The number of hydrogen-bond donors (Lipinski definition) is 1. The van der Waals surface area contributed by atoms with E-state index in [2.05, 4.69) is 32.9 Å². The van der Waals surface area contributed by atoms with Crippen LogP contribution < -0.4 is 4.74 Å². The molecule has 1 aliphatic carbocycles. The van der Waals surface area contributed by atoms with E-state index in [1.165, 1.54) is 29.5 Å². The van der Waals surface area contributed by atoms with Crippen molar-refractivity contribution in [3.8, 4) is 5.75 Å². The Balaban J connectivity index is 1.91. The first-order valence-corrected chi connectivity index (χ1v) is 6.47.